The third-order valence-corrected chi connectivity index (χ3v) is 6.38. The smallest absolute Gasteiger partial charge is 0.361 e. The fourth-order valence-electron chi connectivity index (χ4n) is 3.75. The number of Topliss-reactive ketones (excluding diaryl/α,β-unsaturated/α-hetero) is 1. The minimum Gasteiger partial charge on any atom is -0.452 e. The van der Waals surface area contributed by atoms with Crippen molar-refractivity contribution < 1.29 is 22.7 Å². The van der Waals surface area contributed by atoms with Crippen LogP contribution < -0.4 is 5.14 Å². The molecule has 0 spiro atoms. The summed E-state index contributed by atoms with van der Waals surface area (Å²) < 4.78 is 30.1. The van der Waals surface area contributed by atoms with E-state index in [1.54, 1.807) is 48.7 Å². The molecule has 0 aliphatic heterocycles. The summed E-state index contributed by atoms with van der Waals surface area (Å²) in [4.78, 5) is 26.8. The van der Waals surface area contributed by atoms with E-state index in [0.29, 0.717) is 28.3 Å². The van der Waals surface area contributed by atoms with E-state index in [1.165, 1.54) is 16.9 Å². The molecule has 0 radical (unpaired) electrons. The normalized spacial score (nSPS) is 11.4. The number of carbonyl (C=O) groups excluding carboxylic acids is 2. The molecule has 0 amide bonds. The minimum atomic E-state index is -3.81. The van der Waals surface area contributed by atoms with Crippen LogP contribution in [0.4, 0.5) is 0 Å². The Balaban J connectivity index is 1.49. The van der Waals surface area contributed by atoms with Gasteiger partial charge in [0.15, 0.2) is 12.3 Å². The number of primary sulfonamides is 1. The van der Waals surface area contributed by atoms with E-state index in [9.17, 15) is 18.0 Å². The average Bonchev–Trinajstić information content (AvgIpc) is 3.36. The van der Waals surface area contributed by atoms with E-state index in [2.05, 4.69) is 10.2 Å². The van der Waals surface area contributed by atoms with E-state index in [0.717, 1.165) is 5.69 Å². The third-order valence-electron chi connectivity index (χ3n) is 5.45. The van der Waals surface area contributed by atoms with E-state index < -0.39 is 22.6 Å². The van der Waals surface area contributed by atoms with Crippen LogP contribution in [0.2, 0.25) is 0 Å². The number of nitrogens with zero attached hydrogens (tertiary/aromatic N) is 4. The van der Waals surface area contributed by atoms with Crippen molar-refractivity contribution in [2.75, 3.05) is 6.61 Å². The van der Waals surface area contributed by atoms with E-state index >= 15 is 0 Å². The number of nitrogens with two attached hydrogens (primary N) is 1. The number of aryl methyl sites for hydroxylation is 2. The highest BCUT2D eigenvalue weighted by atomic mass is 32.2. The molecule has 180 valence electrons. The van der Waals surface area contributed by atoms with Crippen LogP contribution >= 0.6 is 0 Å². The molecule has 2 aromatic heterocycles. The summed E-state index contributed by atoms with van der Waals surface area (Å²) in [6.07, 6.45) is 0. The molecule has 2 N–H and O–H groups in total. The molecule has 10 nitrogen and oxygen atoms in total. The van der Waals surface area contributed by atoms with Crippen molar-refractivity contribution in [2.45, 2.75) is 25.7 Å². The SMILES string of the molecule is Cc1nn(-c2ccccc2)nc1C(=O)OCC(=O)c1cc(C)n(-c2ccc(S(N)(=O)=O)cc2)c1C. The van der Waals surface area contributed by atoms with Crippen LogP contribution in [0.25, 0.3) is 11.4 Å². The van der Waals surface area contributed by atoms with Crippen molar-refractivity contribution in [2.24, 2.45) is 5.14 Å². The summed E-state index contributed by atoms with van der Waals surface area (Å²) in [6, 6.07) is 16.8. The maximum absolute atomic E-state index is 12.9. The molecule has 2 heterocycles. The lowest BCUT2D eigenvalue weighted by molar-refractivity contribution is 0.0467. The molecule has 0 bridgehead atoms. The second kappa shape index (κ2) is 9.28. The first-order chi connectivity index (χ1) is 16.6. The number of para-hydroxylation sites is 1. The van der Waals surface area contributed by atoms with Crippen LogP contribution in [0.15, 0.2) is 65.6 Å². The molecular formula is C24H23N5O5S. The summed E-state index contributed by atoms with van der Waals surface area (Å²) in [5.74, 6) is -1.13. The van der Waals surface area contributed by atoms with Crippen molar-refractivity contribution in [3.05, 3.63) is 89.0 Å². The van der Waals surface area contributed by atoms with Crippen molar-refractivity contribution in [1.29, 1.82) is 0 Å². The number of sulfonamides is 1. The van der Waals surface area contributed by atoms with Crippen molar-refractivity contribution >= 4 is 21.8 Å². The van der Waals surface area contributed by atoms with Gasteiger partial charge in [0, 0.05) is 22.6 Å². The molecule has 0 saturated carbocycles. The summed E-state index contributed by atoms with van der Waals surface area (Å²) in [5.41, 5.74) is 3.53. The lowest BCUT2D eigenvalue weighted by Gasteiger charge is -2.10. The summed E-state index contributed by atoms with van der Waals surface area (Å²) >= 11 is 0. The maximum atomic E-state index is 12.9. The van der Waals surface area contributed by atoms with Crippen molar-refractivity contribution in [1.82, 2.24) is 19.6 Å². The number of esters is 1. The van der Waals surface area contributed by atoms with Gasteiger partial charge in [-0.15, -0.1) is 5.10 Å². The predicted octanol–water partition coefficient (Wildman–Crippen LogP) is 2.67. The summed E-state index contributed by atoms with van der Waals surface area (Å²) in [6.45, 7) is 4.74. The van der Waals surface area contributed by atoms with E-state index in [1.807, 2.05) is 25.1 Å². The highest BCUT2D eigenvalue weighted by Gasteiger charge is 2.22. The number of hydrogen-bond acceptors (Lipinski definition) is 7. The second-order valence-electron chi connectivity index (χ2n) is 7.92. The highest BCUT2D eigenvalue weighted by molar-refractivity contribution is 7.89. The van der Waals surface area contributed by atoms with E-state index in [4.69, 9.17) is 9.88 Å². The molecule has 2 aromatic carbocycles. The zero-order valence-corrected chi connectivity index (χ0v) is 20.1. The number of hydrogen-bond donors (Lipinski definition) is 1. The van der Waals surface area contributed by atoms with Crippen molar-refractivity contribution in [3.63, 3.8) is 0 Å². The largest absolute Gasteiger partial charge is 0.452 e. The van der Waals surface area contributed by atoms with Crippen LogP contribution in [0.3, 0.4) is 0 Å². The Morgan fingerprint density at radius 2 is 1.60 bits per heavy atom. The Bertz CT molecular complexity index is 1520. The molecule has 0 unspecified atom stereocenters. The standard InChI is InChI=1S/C24H23N5O5S/c1-15-13-21(17(3)28(15)18-9-11-20(12-10-18)35(25,32)33)22(30)14-34-24(31)23-16(2)26-29(27-23)19-7-5-4-6-8-19/h4-13H,14H2,1-3H3,(H2,25,32,33). The quantitative estimate of drug-likeness (QED) is 0.308. The van der Waals surface area contributed by atoms with Gasteiger partial charge >= 0.3 is 5.97 Å². The Hall–Kier alpha value is -4.09. The van der Waals surface area contributed by atoms with Gasteiger partial charge in [-0.05, 0) is 63.2 Å². The molecule has 4 aromatic rings. The van der Waals surface area contributed by atoms with Crippen LogP contribution in [-0.2, 0) is 14.8 Å². The lowest BCUT2D eigenvalue weighted by Crippen LogP contribution is -2.16. The number of ketones is 1. The van der Waals surface area contributed by atoms with Crippen LogP contribution in [0.5, 0.6) is 0 Å². The number of ether oxygens (including phenoxy) is 1. The molecule has 35 heavy (non-hydrogen) atoms. The molecule has 0 aliphatic carbocycles. The Morgan fingerprint density at radius 1 is 0.943 bits per heavy atom. The Morgan fingerprint density at radius 3 is 2.23 bits per heavy atom. The van der Waals surface area contributed by atoms with Gasteiger partial charge < -0.3 is 9.30 Å². The van der Waals surface area contributed by atoms with E-state index in [-0.39, 0.29) is 16.4 Å². The van der Waals surface area contributed by atoms with Gasteiger partial charge in [0.2, 0.25) is 15.8 Å². The summed E-state index contributed by atoms with van der Waals surface area (Å²) in [7, 11) is -3.81. The van der Waals surface area contributed by atoms with Gasteiger partial charge in [-0.3, -0.25) is 4.79 Å². The van der Waals surface area contributed by atoms with Gasteiger partial charge in [-0.1, -0.05) is 18.2 Å². The molecule has 0 saturated heterocycles. The molecule has 0 fully saturated rings. The monoisotopic (exact) mass is 493 g/mol. The molecule has 0 aliphatic rings. The zero-order chi connectivity index (χ0) is 25.3. The van der Waals surface area contributed by atoms with Gasteiger partial charge in [0.05, 0.1) is 16.3 Å². The maximum Gasteiger partial charge on any atom is 0.361 e. The molecular weight excluding hydrogens is 470 g/mol. The lowest BCUT2D eigenvalue weighted by atomic mass is 10.1. The number of aromatic nitrogens is 4. The number of carbonyl (C=O) groups is 2. The molecule has 11 heteroatoms. The average molecular weight is 494 g/mol. The fraction of sp³-hybridized carbons (Fsp3) is 0.167. The first kappa shape index (κ1) is 24.0. The first-order valence-electron chi connectivity index (χ1n) is 10.6. The van der Waals surface area contributed by atoms with Crippen LogP contribution in [-0.4, -0.2) is 46.3 Å². The Labute approximate surface area is 202 Å². The minimum absolute atomic E-state index is 0.00795. The van der Waals surface area contributed by atoms with Gasteiger partial charge in [-0.2, -0.15) is 9.90 Å². The predicted molar refractivity (Wildman–Crippen MR) is 127 cm³/mol. The van der Waals surface area contributed by atoms with Crippen LogP contribution in [0.1, 0.15) is 37.9 Å². The zero-order valence-electron chi connectivity index (χ0n) is 19.3. The van der Waals surface area contributed by atoms with Gasteiger partial charge in [0.25, 0.3) is 0 Å². The highest BCUT2D eigenvalue weighted by Crippen LogP contribution is 2.22. The first-order valence-corrected chi connectivity index (χ1v) is 12.1. The second-order valence-corrected chi connectivity index (χ2v) is 9.48. The van der Waals surface area contributed by atoms with Crippen LogP contribution in [0, 0.1) is 20.8 Å². The number of benzene rings is 2. The van der Waals surface area contributed by atoms with Gasteiger partial charge in [-0.25, -0.2) is 18.4 Å². The van der Waals surface area contributed by atoms with Gasteiger partial charge in [0.1, 0.15) is 0 Å². The fourth-order valence-corrected chi connectivity index (χ4v) is 4.26. The summed E-state index contributed by atoms with van der Waals surface area (Å²) in [5, 5.41) is 13.6. The third kappa shape index (κ3) is 4.91. The molecule has 4 rings (SSSR count). The van der Waals surface area contributed by atoms with Crippen molar-refractivity contribution in [3.8, 4) is 11.4 Å². The molecule has 0 atom stereocenters. The Kier molecular flexibility index (Phi) is 6.37. The topological polar surface area (TPSA) is 139 Å². The number of rotatable bonds is 7.